The van der Waals surface area contributed by atoms with Crippen LogP contribution in [0.1, 0.15) is 42.9 Å². The lowest BCUT2D eigenvalue weighted by molar-refractivity contribution is -0.141. The third-order valence-electron chi connectivity index (χ3n) is 6.82. The minimum atomic E-state index is -0.650. The lowest BCUT2D eigenvalue weighted by atomic mass is 10.0. The van der Waals surface area contributed by atoms with Crippen LogP contribution in [0.15, 0.2) is 72.8 Å². The second kappa shape index (κ2) is 14.2. The molecule has 1 aliphatic rings. The Morgan fingerprint density at radius 2 is 1.69 bits per heavy atom. The number of rotatable bonds is 13. The van der Waals surface area contributed by atoms with Crippen molar-refractivity contribution in [3.63, 3.8) is 0 Å². The number of carbonyl (C=O) groups excluding carboxylic acids is 2. The van der Waals surface area contributed by atoms with Gasteiger partial charge in [-0.3, -0.25) is 9.59 Å². The first-order valence-electron chi connectivity index (χ1n) is 13.7. The van der Waals surface area contributed by atoms with Gasteiger partial charge in [-0.2, -0.15) is 0 Å². The average molecular weight is 531 g/mol. The Morgan fingerprint density at radius 3 is 2.46 bits per heavy atom. The van der Waals surface area contributed by atoms with Crippen LogP contribution >= 0.6 is 0 Å². The van der Waals surface area contributed by atoms with Gasteiger partial charge in [0.2, 0.25) is 11.8 Å². The highest BCUT2D eigenvalue weighted by atomic mass is 16.6. The van der Waals surface area contributed by atoms with Gasteiger partial charge in [0.05, 0.1) is 7.11 Å². The quantitative estimate of drug-likeness (QED) is 0.316. The Balaban J connectivity index is 1.59. The molecular weight excluding hydrogens is 492 g/mol. The topological polar surface area (TPSA) is 77.1 Å². The average Bonchev–Trinajstić information content (AvgIpc) is 2.98. The molecule has 0 aromatic heterocycles. The van der Waals surface area contributed by atoms with E-state index in [0.29, 0.717) is 50.6 Å². The first-order valence-corrected chi connectivity index (χ1v) is 13.7. The summed E-state index contributed by atoms with van der Waals surface area (Å²) in [6, 6.07) is 22.6. The molecule has 4 rings (SSSR count). The largest absolute Gasteiger partial charge is 0.497 e. The van der Waals surface area contributed by atoms with E-state index in [1.54, 1.807) is 12.0 Å². The molecule has 39 heavy (non-hydrogen) atoms. The molecule has 0 saturated carbocycles. The molecule has 2 amide bonds. The van der Waals surface area contributed by atoms with Gasteiger partial charge in [0, 0.05) is 25.9 Å². The van der Waals surface area contributed by atoms with Crippen molar-refractivity contribution in [1.29, 1.82) is 0 Å². The second-order valence-corrected chi connectivity index (χ2v) is 9.70. The lowest BCUT2D eigenvalue weighted by Crippen LogP contribution is -2.50. The van der Waals surface area contributed by atoms with E-state index < -0.39 is 6.04 Å². The van der Waals surface area contributed by atoms with Crippen molar-refractivity contribution in [2.75, 3.05) is 26.9 Å². The summed E-state index contributed by atoms with van der Waals surface area (Å²) in [6.45, 7) is 4.02. The van der Waals surface area contributed by atoms with Crippen LogP contribution in [0.2, 0.25) is 0 Å². The summed E-state index contributed by atoms with van der Waals surface area (Å²) in [5.41, 5.74) is 2.89. The molecule has 7 heteroatoms. The molecule has 1 heterocycles. The van der Waals surface area contributed by atoms with Gasteiger partial charge in [0.1, 0.15) is 25.0 Å². The summed E-state index contributed by atoms with van der Waals surface area (Å²) in [4.78, 5) is 29.2. The van der Waals surface area contributed by atoms with Gasteiger partial charge in [0.15, 0.2) is 11.5 Å². The van der Waals surface area contributed by atoms with E-state index in [9.17, 15) is 9.59 Å². The van der Waals surface area contributed by atoms with Crippen molar-refractivity contribution in [2.45, 2.75) is 51.6 Å². The molecule has 1 aliphatic heterocycles. The van der Waals surface area contributed by atoms with Crippen LogP contribution in [0.4, 0.5) is 0 Å². The normalized spacial score (nSPS) is 12.9. The third kappa shape index (κ3) is 7.99. The van der Waals surface area contributed by atoms with Gasteiger partial charge in [-0.05, 0) is 53.8 Å². The van der Waals surface area contributed by atoms with Crippen molar-refractivity contribution in [3.8, 4) is 17.2 Å². The van der Waals surface area contributed by atoms with Crippen LogP contribution in [-0.4, -0.2) is 49.6 Å². The van der Waals surface area contributed by atoms with Crippen LogP contribution in [0.25, 0.3) is 0 Å². The van der Waals surface area contributed by atoms with Crippen LogP contribution < -0.4 is 19.5 Å². The van der Waals surface area contributed by atoms with Crippen LogP contribution in [0.3, 0.4) is 0 Å². The maximum atomic E-state index is 13.9. The number of nitrogens with one attached hydrogen (secondary N) is 1. The Kier molecular flexibility index (Phi) is 10.2. The summed E-state index contributed by atoms with van der Waals surface area (Å²) in [6.07, 6.45) is 3.08. The predicted molar refractivity (Wildman–Crippen MR) is 151 cm³/mol. The number of aryl methyl sites for hydroxylation is 1. The predicted octanol–water partition coefficient (Wildman–Crippen LogP) is 4.96. The number of carbonyl (C=O) groups is 2. The van der Waals surface area contributed by atoms with E-state index in [4.69, 9.17) is 14.2 Å². The number of fused-ring (bicyclic) bond motifs is 1. The van der Waals surface area contributed by atoms with Gasteiger partial charge in [-0.25, -0.2) is 0 Å². The zero-order chi connectivity index (χ0) is 27.5. The van der Waals surface area contributed by atoms with Crippen molar-refractivity contribution in [2.24, 2.45) is 0 Å². The van der Waals surface area contributed by atoms with Crippen molar-refractivity contribution in [1.82, 2.24) is 10.2 Å². The molecule has 0 aliphatic carbocycles. The fraction of sp³-hybridized carbons (Fsp3) is 0.375. The number of methoxy groups -OCH3 is 1. The number of ether oxygens (including phenoxy) is 3. The van der Waals surface area contributed by atoms with Gasteiger partial charge < -0.3 is 24.4 Å². The summed E-state index contributed by atoms with van der Waals surface area (Å²) in [5.74, 6) is 1.92. The van der Waals surface area contributed by atoms with Crippen LogP contribution in [0, 0.1) is 0 Å². The molecule has 1 N–H and O–H groups in total. The minimum absolute atomic E-state index is 0.0840. The number of nitrogens with zero attached hydrogens (tertiary/aromatic N) is 1. The summed E-state index contributed by atoms with van der Waals surface area (Å²) in [5, 5.41) is 3.07. The molecule has 3 aromatic rings. The molecule has 0 fully saturated rings. The van der Waals surface area contributed by atoms with E-state index >= 15 is 0 Å². The fourth-order valence-electron chi connectivity index (χ4n) is 4.67. The highest BCUT2D eigenvalue weighted by molar-refractivity contribution is 5.88. The van der Waals surface area contributed by atoms with Crippen molar-refractivity contribution >= 4 is 11.8 Å². The van der Waals surface area contributed by atoms with Gasteiger partial charge in [-0.1, -0.05) is 61.9 Å². The number of hydrogen-bond donors (Lipinski definition) is 1. The molecule has 7 nitrogen and oxygen atoms in total. The molecule has 0 unspecified atom stereocenters. The zero-order valence-electron chi connectivity index (χ0n) is 22.9. The number of benzene rings is 3. The lowest BCUT2D eigenvalue weighted by Gasteiger charge is -2.32. The molecule has 0 radical (unpaired) electrons. The van der Waals surface area contributed by atoms with E-state index in [1.165, 1.54) is 0 Å². The monoisotopic (exact) mass is 530 g/mol. The fourth-order valence-corrected chi connectivity index (χ4v) is 4.67. The van der Waals surface area contributed by atoms with E-state index in [1.807, 2.05) is 72.8 Å². The van der Waals surface area contributed by atoms with E-state index in [0.717, 1.165) is 35.3 Å². The molecule has 0 spiro atoms. The van der Waals surface area contributed by atoms with Gasteiger partial charge >= 0.3 is 0 Å². The standard InChI is InChI=1S/C32H38N2O5/c1-3-4-17-33-32(36)28(21-24-9-6-5-7-10-24)34(23-26-11-8-12-27(20-26)37-2)31(35)16-14-25-13-15-29-30(22-25)39-19-18-38-29/h5-13,15,20,22,28H,3-4,14,16-19,21,23H2,1-2H3,(H,33,36)/t28-/m0/s1. The maximum Gasteiger partial charge on any atom is 0.243 e. The van der Waals surface area contributed by atoms with E-state index in [-0.39, 0.29) is 18.2 Å². The SMILES string of the molecule is CCCCNC(=O)[C@H](Cc1ccccc1)N(Cc1cccc(OC)c1)C(=O)CCc1ccc2c(c1)OCCO2. The Labute approximate surface area is 231 Å². The van der Waals surface area contributed by atoms with Gasteiger partial charge in [0.25, 0.3) is 0 Å². The number of unbranched alkanes of at least 4 members (excludes halogenated alkanes) is 1. The molecule has 0 saturated heterocycles. The first kappa shape index (κ1) is 28.0. The van der Waals surface area contributed by atoms with E-state index in [2.05, 4.69) is 12.2 Å². The summed E-state index contributed by atoms with van der Waals surface area (Å²) in [7, 11) is 1.62. The van der Waals surface area contributed by atoms with Crippen molar-refractivity contribution in [3.05, 3.63) is 89.5 Å². The summed E-state index contributed by atoms with van der Waals surface area (Å²) >= 11 is 0. The second-order valence-electron chi connectivity index (χ2n) is 9.70. The molecule has 1 atom stereocenters. The van der Waals surface area contributed by atoms with Gasteiger partial charge in [-0.15, -0.1) is 0 Å². The Hall–Kier alpha value is -4.00. The first-order chi connectivity index (χ1) is 19.1. The Bertz CT molecular complexity index is 1230. The van der Waals surface area contributed by atoms with Crippen molar-refractivity contribution < 1.29 is 23.8 Å². The summed E-state index contributed by atoms with van der Waals surface area (Å²) < 4.78 is 16.8. The highest BCUT2D eigenvalue weighted by Crippen LogP contribution is 2.31. The van der Waals surface area contributed by atoms with Crippen LogP contribution in [0.5, 0.6) is 17.2 Å². The Morgan fingerprint density at radius 1 is 0.923 bits per heavy atom. The molecular formula is C32H38N2O5. The molecule has 206 valence electrons. The third-order valence-corrected chi connectivity index (χ3v) is 6.82. The van der Waals surface area contributed by atoms with Crippen LogP contribution in [-0.2, 0) is 29.0 Å². The smallest absolute Gasteiger partial charge is 0.243 e. The molecule has 0 bridgehead atoms. The maximum absolute atomic E-state index is 13.9. The minimum Gasteiger partial charge on any atom is -0.497 e. The highest BCUT2D eigenvalue weighted by Gasteiger charge is 2.30. The molecule has 3 aromatic carbocycles. The number of amides is 2. The number of hydrogen-bond acceptors (Lipinski definition) is 5. The zero-order valence-corrected chi connectivity index (χ0v) is 22.9.